The summed E-state index contributed by atoms with van der Waals surface area (Å²) in [5.74, 6) is 1.14. The van der Waals surface area contributed by atoms with Gasteiger partial charge in [0.25, 0.3) is 0 Å². The van der Waals surface area contributed by atoms with Gasteiger partial charge < -0.3 is 10.4 Å². The molecule has 1 aromatic rings. The zero-order valence-corrected chi connectivity index (χ0v) is 13.5. The number of aliphatic hydroxyl groups is 1. The van der Waals surface area contributed by atoms with Crippen LogP contribution in [-0.4, -0.2) is 29.4 Å². The van der Waals surface area contributed by atoms with E-state index in [2.05, 4.69) is 5.32 Å². The highest BCUT2D eigenvalue weighted by Crippen LogP contribution is 2.21. The molecule has 0 saturated heterocycles. The second-order valence-corrected chi connectivity index (χ2v) is 6.61. The average Bonchev–Trinajstić information content (AvgIpc) is 2.42. The standard InChI is InChI=1S/C15H22ClNO2S/c1-11(2)14(10-18)17-15(19)4-3-9-20-13-7-5-12(16)6-8-13/h5-8,11,14,18H,3-4,9-10H2,1-2H3,(H,17,19)/t14-/m1/s1. The van der Waals surface area contributed by atoms with Crippen molar-refractivity contribution in [2.45, 2.75) is 37.6 Å². The zero-order chi connectivity index (χ0) is 15.0. The molecule has 20 heavy (non-hydrogen) atoms. The summed E-state index contributed by atoms with van der Waals surface area (Å²) in [6.07, 6.45) is 1.30. The number of hydrogen-bond acceptors (Lipinski definition) is 3. The maximum atomic E-state index is 11.7. The Balaban J connectivity index is 2.20. The minimum atomic E-state index is -0.147. The monoisotopic (exact) mass is 315 g/mol. The first-order valence-electron chi connectivity index (χ1n) is 6.81. The normalized spacial score (nSPS) is 12.4. The predicted molar refractivity (Wildman–Crippen MR) is 85.3 cm³/mol. The molecule has 0 aromatic heterocycles. The van der Waals surface area contributed by atoms with E-state index in [0.717, 1.165) is 22.1 Å². The summed E-state index contributed by atoms with van der Waals surface area (Å²) in [5, 5.41) is 12.7. The smallest absolute Gasteiger partial charge is 0.220 e. The Morgan fingerprint density at radius 2 is 2.00 bits per heavy atom. The molecule has 3 nitrogen and oxygen atoms in total. The van der Waals surface area contributed by atoms with Crippen LogP contribution in [0.2, 0.25) is 5.02 Å². The van der Waals surface area contributed by atoms with E-state index in [0.29, 0.717) is 6.42 Å². The summed E-state index contributed by atoms with van der Waals surface area (Å²) >= 11 is 7.53. The molecule has 0 aliphatic heterocycles. The summed E-state index contributed by atoms with van der Waals surface area (Å²) in [5.41, 5.74) is 0. The second kappa shape index (κ2) is 9.27. The number of amides is 1. The van der Waals surface area contributed by atoms with Gasteiger partial charge in [0.05, 0.1) is 12.6 Å². The summed E-state index contributed by atoms with van der Waals surface area (Å²) in [6.45, 7) is 3.96. The molecule has 2 N–H and O–H groups in total. The van der Waals surface area contributed by atoms with Crippen LogP contribution < -0.4 is 5.32 Å². The van der Waals surface area contributed by atoms with Crippen LogP contribution in [0.1, 0.15) is 26.7 Å². The van der Waals surface area contributed by atoms with Crippen molar-refractivity contribution in [3.05, 3.63) is 29.3 Å². The fraction of sp³-hybridized carbons (Fsp3) is 0.533. The first kappa shape index (κ1) is 17.3. The Kier molecular flexibility index (Phi) is 8.04. The van der Waals surface area contributed by atoms with Crippen LogP contribution in [0.4, 0.5) is 0 Å². The quantitative estimate of drug-likeness (QED) is 0.571. The highest BCUT2D eigenvalue weighted by Gasteiger charge is 2.14. The highest BCUT2D eigenvalue weighted by molar-refractivity contribution is 7.99. The molecule has 0 heterocycles. The van der Waals surface area contributed by atoms with Gasteiger partial charge in [0.1, 0.15) is 0 Å². The molecule has 0 aliphatic rings. The molecule has 112 valence electrons. The van der Waals surface area contributed by atoms with Gasteiger partial charge in [0, 0.05) is 16.3 Å². The number of aliphatic hydroxyl groups excluding tert-OH is 1. The van der Waals surface area contributed by atoms with Gasteiger partial charge in [-0.2, -0.15) is 0 Å². The third-order valence-corrected chi connectivity index (χ3v) is 4.33. The van der Waals surface area contributed by atoms with E-state index >= 15 is 0 Å². The van der Waals surface area contributed by atoms with Crippen LogP contribution in [-0.2, 0) is 4.79 Å². The van der Waals surface area contributed by atoms with Crippen molar-refractivity contribution in [3.8, 4) is 0 Å². The Morgan fingerprint density at radius 3 is 2.55 bits per heavy atom. The molecular formula is C15H22ClNO2S. The van der Waals surface area contributed by atoms with Gasteiger partial charge in [0.15, 0.2) is 0 Å². The molecular weight excluding hydrogens is 294 g/mol. The molecule has 1 atom stereocenters. The SMILES string of the molecule is CC(C)[C@@H](CO)NC(=O)CCCSc1ccc(Cl)cc1. The molecule has 0 aliphatic carbocycles. The molecule has 0 bridgehead atoms. The van der Waals surface area contributed by atoms with Gasteiger partial charge in [-0.3, -0.25) is 4.79 Å². The number of rotatable bonds is 8. The lowest BCUT2D eigenvalue weighted by Crippen LogP contribution is -2.41. The van der Waals surface area contributed by atoms with Crippen LogP contribution in [0.3, 0.4) is 0 Å². The van der Waals surface area contributed by atoms with Gasteiger partial charge in [0.2, 0.25) is 5.91 Å². The lowest BCUT2D eigenvalue weighted by molar-refractivity contribution is -0.122. The number of carbonyl (C=O) groups excluding carboxylic acids is 1. The largest absolute Gasteiger partial charge is 0.394 e. The van der Waals surface area contributed by atoms with Gasteiger partial charge in [-0.1, -0.05) is 25.4 Å². The molecule has 1 amide bonds. The Morgan fingerprint density at radius 1 is 1.35 bits per heavy atom. The van der Waals surface area contributed by atoms with Crippen molar-refractivity contribution in [2.24, 2.45) is 5.92 Å². The third kappa shape index (κ3) is 6.64. The molecule has 5 heteroatoms. The van der Waals surface area contributed by atoms with Crippen LogP contribution in [0.5, 0.6) is 0 Å². The Labute approximate surface area is 130 Å². The topological polar surface area (TPSA) is 49.3 Å². The Bertz CT molecular complexity index is 409. The van der Waals surface area contributed by atoms with Gasteiger partial charge >= 0.3 is 0 Å². The summed E-state index contributed by atoms with van der Waals surface area (Å²) in [7, 11) is 0. The van der Waals surface area contributed by atoms with Crippen molar-refractivity contribution >= 4 is 29.3 Å². The number of benzene rings is 1. The van der Waals surface area contributed by atoms with Gasteiger partial charge in [-0.25, -0.2) is 0 Å². The predicted octanol–water partition coefficient (Wildman–Crippen LogP) is 3.35. The lowest BCUT2D eigenvalue weighted by atomic mass is 10.1. The van der Waals surface area contributed by atoms with E-state index in [1.807, 2.05) is 38.1 Å². The maximum absolute atomic E-state index is 11.7. The van der Waals surface area contributed by atoms with E-state index in [9.17, 15) is 4.79 Å². The minimum absolute atomic E-state index is 0.00876. The van der Waals surface area contributed by atoms with Crippen molar-refractivity contribution in [1.82, 2.24) is 5.32 Å². The highest BCUT2D eigenvalue weighted by atomic mass is 35.5. The van der Waals surface area contributed by atoms with Crippen LogP contribution in [0.25, 0.3) is 0 Å². The van der Waals surface area contributed by atoms with Crippen LogP contribution >= 0.6 is 23.4 Å². The van der Waals surface area contributed by atoms with Crippen molar-refractivity contribution in [2.75, 3.05) is 12.4 Å². The summed E-state index contributed by atoms with van der Waals surface area (Å²) in [6, 6.07) is 7.55. The first-order chi connectivity index (χ1) is 9.52. The maximum Gasteiger partial charge on any atom is 0.220 e. The number of halogens is 1. The van der Waals surface area contributed by atoms with Gasteiger partial charge in [-0.05, 0) is 42.4 Å². The lowest BCUT2D eigenvalue weighted by Gasteiger charge is -2.19. The molecule has 0 saturated carbocycles. The van der Waals surface area contributed by atoms with Gasteiger partial charge in [-0.15, -0.1) is 11.8 Å². The van der Waals surface area contributed by atoms with E-state index in [1.54, 1.807) is 11.8 Å². The second-order valence-electron chi connectivity index (χ2n) is 5.01. The Hall–Kier alpha value is -0.710. The van der Waals surface area contributed by atoms with Crippen LogP contribution in [0.15, 0.2) is 29.2 Å². The number of hydrogen-bond donors (Lipinski definition) is 2. The van der Waals surface area contributed by atoms with E-state index < -0.39 is 0 Å². The third-order valence-electron chi connectivity index (χ3n) is 2.98. The van der Waals surface area contributed by atoms with Crippen molar-refractivity contribution in [3.63, 3.8) is 0 Å². The van der Waals surface area contributed by atoms with E-state index in [1.165, 1.54) is 0 Å². The van der Waals surface area contributed by atoms with Crippen LogP contribution in [0, 0.1) is 5.92 Å². The first-order valence-corrected chi connectivity index (χ1v) is 8.18. The molecule has 0 fully saturated rings. The fourth-order valence-corrected chi connectivity index (χ4v) is 2.63. The molecule has 0 radical (unpaired) electrons. The number of carbonyl (C=O) groups is 1. The number of thioether (sulfide) groups is 1. The van der Waals surface area contributed by atoms with E-state index in [4.69, 9.17) is 16.7 Å². The average molecular weight is 316 g/mol. The molecule has 1 aromatic carbocycles. The zero-order valence-electron chi connectivity index (χ0n) is 11.9. The molecule has 1 rings (SSSR count). The van der Waals surface area contributed by atoms with Crippen molar-refractivity contribution < 1.29 is 9.90 Å². The minimum Gasteiger partial charge on any atom is -0.394 e. The molecule has 0 spiro atoms. The number of nitrogens with one attached hydrogen (secondary N) is 1. The summed E-state index contributed by atoms with van der Waals surface area (Å²) < 4.78 is 0. The van der Waals surface area contributed by atoms with E-state index in [-0.39, 0.29) is 24.5 Å². The fourth-order valence-electron chi connectivity index (χ4n) is 1.66. The van der Waals surface area contributed by atoms with Crippen molar-refractivity contribution in [1.29, 1.82) is 0 Å². The summed E-state index contributed by atoms with van der Waals surface area (Å²) in [4.78, 5) is 12.9. The molecule has 0 unspecified atom stereocenters.